The van der Waals surface area contributed by atoms with Crippen LogP contribution in [0.5, 0.6) is 11.5 Å². The van der Waals surface area contributed by atoms with Crippen molar-refractivity contribution in [3.63, 3.8) is 0 Å². The van der Waals surface area contributed by atoms with Gasteiger partial charge in [-0.3, -0.25) is 24.6 Å². The number of carbonyl (C=O) groups is 3. The fourth-order valence-electron chi connectivity index (χ4n) is 6.38. The zero-order chi connectivity index (χ0) is 28.2. The molecule has 10 heteroatoms. The Morgan fingerprint density at radius 2 is 1.70 bits per heavy atom. The van der Waals surface area contributed by atoms with Crippen LogP contribution in [0.15, 0.2) is 66.7 Å². The third-order valence-corrected chi connectivity index (χ3v) is 8.52. The summed E-state index contributed by atoms with van der Waals surface area (Å²) in [5.41, 5.74) is 1.04. The number of para-hydroxylation sites is 1. The molecule has 0 aliphatic carbocycles. The summed E-state index contributed by atoms with van der Waals surface area (Å²) < 4.78 is 10.7. The number of aliphatic hydroxyl groups excluding tert-OH is 1. The molecule has 2 saturated heterocycles. The van der Waals surface area contributed by atoms with Gasteiger partial charge >= 0.3 is 0 Å². The van der Waals surface area contributed by atoms with Crippen LogP contribution in [0, 0.1) is 11.8 Å². The van der Waals surface area contributed by atoms with Crippen molar-refractivity contribution in [2.45, 2.75) is 24.1 Å². The Morgan fingerprint density at radius 1 is 0.975 bits per heavy atom. The topological polar surface area (TPSA) is 117 Å². The lowest BCUT2D eigenvalue weighted by Crippen LogP contribution is -2.54. The normalized spacial score (nSPS) is 25.6. The molecule has 3 aliphatic heterocycles. The largest absolute Gasteiger partial charge is 0.493 e. The molecule has 3 aromatic carbocycles. The number of methoxy groups -OCH3 is 2. The fraction of sp³-hybridized carbons (Fsp3) is 0.300. The van der Waals surface area contributed by atoms with Crippen LogP contribution in [0.3, 0.4) is 0 Å². The molecule has 0 unspecified atom stereocenters. The molecule has 0 saturated carbocycles. The van der Waals surface area contributed by atoms with E-state index in [4.69, 9.17) is 21.1 Å². The predicted octanol–water partition coefficient (Wildman–Crippen LogP) is 3.05. The number of fused-ring (bicyclic) bond motifs is 4. The van der Waals surface area contributed by atoms with Crippen LogP contribution in [0.1, 0.15) is 22.8 Å². The molecule has 5 atom stereocenters. The van der Waals surface area contributed by atoms with Gasteiger partial charge in [-0.15, -0.1) is 0 Å². The first kappa shape index (κ1) is 26.3. The van der Waals surface area contributed by atoms with E-state index < -0.39 is 47.2 Å². The number of hydrogen-bond acceptors (Lipinski definition) is 7. The highest BCUT2D eigenvalue weighted by Gasteiger charge is 2.71. The van der Waals surface area contributed by atoms with E-state index in [1.165, 1.54) is 4.90 Å². The molecule has 206 valence electrons. The zero-order valence-corrected chi connectivity index (χ0v) is 22.6. The van der Waals surface area contributed by atoms with Crippen molar-refractivity contribution in [1.82, 2.24) is 10.2 Å². The van der Waals surface area contributed by atoms with Gasteiger partial charge in [0.15, 0.2) is 11.5 Å². The van der Waals surface area contributed by atoms with Crippen molar-refractivity contribution in [2.75, 3.05) is 26.1 Å². The van der Waals surface area contributed by atoms with E-state index in [0.29, 0.717) is 39.8 Å². The summed E-state index contributed by atoms with van der Waals surface area (Å²) >= 11 is 6.05. The molecule has 9 nitrogen and oxygen atoms in total. The standard InChI is InChI=1S/C30H28ClN3O6/c1-39-21-12-7-16(15-22(21)40-2)13-14-34-27(36)23-24(28(34)37)30(19-5-3-4-6-20(19)32-29(30)38)33-25(23)26(35)17-8-10-18(31)11-9-17/h3-12,15,23-26,33,35H,13-14H2,1-2H3,(H,32,38)/t23-,24+,25+,26-,30-/m1/s1. The smallest absolute Gasteiger partial charge is 0.250 e. The first-order valence-electron chi connectivity index (χ1n) is 13.0. The predicted molar refractivity (Wildman–Crippen MR) is 147 cm³/mol. The van der Waals surface area contributed by atoms with Crippen LogP contribution in [0.25, 0.3) is 0 Å². The summed E-state index contributed by atoms with van der Waals surface area (Å²) in [6, 6.07) is 18.3. The van der Waals surface area contributed by atoms with E-state index in [9.17, 15) is 19.5 Å². The van der Waals surface area contributed by atoms with Crippen molar-refractivity contribution in [2.24, 2.45) is 11.8 Å². The van der Waals surface area contributed by atoms with E-state index in [-0.39, 0.29) is 6.54 Å². The van der Waals surface area contributed by atoms with Gasteiger partial charge in [0.05, 0.1) is 38.2 Å². The lowest BCUT2D eigenvalue weighted by atomic mass is 9.76. The van der Waals surface area contributed by atoms with Gasteiger partial charge < -0.3 is 19.9 Å². The third kappa shape index (κ3) is 3.88. The maximum Gasteiger partial charge on any atom is 0.250 e. The number of likely N-dealkylation sites (tertiary alicyclic amines) is 1. The van der Waals surface area contributed by atoms with Crippen molar-refractivity contribution >= 4 is 35.0 Å². The minimum absolute atomic E-state index is 0.114. The summed E-state index contributed by atoms with van der Waals surface area (Å²) in [5, 5.41) is 18.1. The number of imide groups is 1. The number of aliphatic hydroxyl groups is 1. The van der Waals surface area contributed by atoms with E-state index in [1.807, 2.05) is 12.1 Å². The number of benzene rings is 3. The summed E-state index contributed by atoms with van der Waals surface area (Å²) in [6.45, 7) is 0.114. The van der Waals surface area contributed by atoms with Gasteiger partial charge in [-0.2, -0.15) is 0 Å². The Labute approximate surface area is 236 Å². The number of nitrogens with zero attached hydrogens (tertiary/aromatic N) is 1. The number of anilines is 1. The number of hydrogen-bond donors (Lipinski definition) is 3. The Kier molecular flexibility index (Phi) is 6.53. The van der Waals surface area contributed by atoms with E-state index in [1.54, 1.807) is 68.8 Å². The highest BCUT2D eigenvalue weighted by Crippen LogP contribution is 2.54. The summed E-state index contributed by atoms with van der Waals surface area (Å²) in [5.74, 6) is -2.15. The van der Waals surface area contributed by atoms with Crippen LogP contribution < -0.4 is 20.1 Å². The molecule has 1 spiro atoms. The number of halogens is 1. The van der Waals surface area contributed by atoms with E-state index in [0.717, 1.165) is 5.56 Å². The number of rotatable bonds is 7. The lowest BCUT2D eigenvalue weighted by Gasteiger charge is -2.30. The summed E-state index contributed by atoms with van der Waals surface area (Å²) in [6.07, 6.45) is -0.794. The third-order valence-electron chi connectivity index (χ3n) is 8.27. The number of ether oxygens (including phenoxy) is 2. The van der Waals surface area contributed by atoms with Crippen molar-refractivity contribution in [1.29, 1.82) is 0 Å². The molecule has 0 bridgehead atoms. The monoisotopic (exact) mass is 561 g/mol. The van der Waals surface area contributed by atoms with Gasteiger partial charge in [0, 0.05) is 22.8 Å². The fourth-order valence-corrected chi connectivity index (χ4v) is 6.51. The quantitative estimate of drug-likeness (QED) is 0.380. The second-order valence-corrected chi connectivity index (χ2v) is 10.7. The maximum absolute atomic E-state index is 14.0. The Hall–Kier alpha value is -3.92. The number of carbonyl (C=O) groups excluding carboxylic acids is 3. The highest BCUT2D eigenvalue weighted by molar-refractivity contribution is 6.30. The van der Waals surface area contributed by atoms with Crippen molar-refractivity contribution in [3.8, 4) is 11.5 Å². The summed E-state index contributed by atoms with van der Waals surface area (Å²) in [4.78, 5) is 42.9. The molecule has 2 fully saturated rings. The Morgan fingerprint density at radius 3 is 2.42 bits per heavy atom. The first-order chi connectivity index (χ1) is 19.3. The molecule has 0 radical (unpaired) electrons. The minimum atomic E-state index is -1.50. The van der Waals surface area contributed by atoms with Gasteiger partial charge in [-0.25, -0.2) is 0 Å². The van der Waals surface area contributed by atoms with Gasteiger partial charge in [-0.1, -0.05) is 48.0 Å². The van der Waals surface area contributed by atoms with Crippen LogP contribution >= 0.6 is 11.6 Å². The molecule has 3 amide bonds. The SMILES string of the molecule is COc1ccc(CCN2C(=O)[C@H]3[C@@H]([C@H](O)c4ccc(Cl)cc4)N[C@@]4(C(=O)Nc5ccccc54)[C@@H]3C2=O)cc1OC. The molecule has 40 heavy (non-hydrogen) atoms. The second-order valence-electron chi connectivity index (χ2n) is 10.2. The van der Waals surface area contributed by atoms with Gasteiger partial charge in [-0.05, 0) is 47.9 Å². The van der Waals surface area contributed by atoms with Crippen LogP contribution in [-0.4, -0.2) is 54.5 Å². The molecule has 3 aromatic rings. The van der Waals surface area contributed by atoms with Crippen LogP contribution in [0.2, 0.25) is 5.02 Å². The average Bonchev–Trinajstić information content (AvgIpc) is 3.56. The summed E-state index contributed by atoms with van der Waals surface area (Å²) in [7, 11) is 3.09. The second kappa shape index (κ2) is 9.92. The molecule has 3 N–H and O–H groups in total. The van der Waals surface area contributed by atoms with Gasteiger partial charge in [0.1, 0.15) is 5.54 Å². The number of amides is 3. The van der Waals surface area contributed by atoms with Gasteiger partial charge in [0.25, 0.3) is 0 Å². The molecular weight excluding hydrogens is 534 g/mol. The van der Waals surface area contributed by atoms with Gasteiger partial charge in [0.2, 0.25) is 17.7 Å². The van der Waals surface area contributed by atoms with E-state index >= 15 is 0 Å². The maximum atomic E-state index is 14.0. The van der Waals surface area contributed by atoms with Crippen molar-refractivity contribution < 1.29 is 29.0 Å². The van der Waals surface area contributed by atoms with Crippen LogP contribution in [-0.2, 0) is 26.3 Å². The molecule has 0 aromatic heterocycles. The first-order valence-corrected chi connectivity index (χ1v) is 13.4. The van der Waals surface area contributed by atoms with E-state index in [2.05, 4.69) is 10.6 Å². The average molecular weight is 562 g/mol. The molecule has 3 aliphatic rings. The highest BCUT2D eigenvalue weighted by atomic mass is 35.5. The Balaban J connectivity index is 1.37. The number of nitrogens with one attached hydrogen (secondary N) is 2. The minimum Gasteiger partial charge on any atom is -0.493 e. The molecule has 6 rings (SSSR count). The zero-order valence-electron chi connectivity index (χ0n) is 21.9. The van der Waals surface area contributed by atoms with Crippen LogP contribution in [0.4, 0.5) is 5.69 Å². The molecular formula is C30H28ClN3O6. The van der Waals surface area contributed by atoms with Crippen molar-refractivity contribution in [3.05, 3.63) is 88.4 Å². The Bertz CT molecular complexity index is 1510. The lowest BCUT2D eigenvalue weighted by molar-refractivity contribution is -0.143. The molecule has 3 heterocycles.